The van der Waals surface area contributed by atoms with Crippen LogP contribution >= 0.6 is 0 Å². The van der Waals surface area contributed by atoms with Gasteiger partial charge in [0.15, 0.2) is 0 Å². The van der Waals surface area contributed by atoms with Crippen molar-refractivity contribution in [2.24, 2.45) is 0 Å². The van der Waals surface area contributed by atoms with E-state index in [9.17, 15) is 8.78 Å². The van der Waals surface area contributed by atoms with Crippen molar-refractivity contribution in [3.05, 3.63) is 0 Å². The van der Waals surface area contributed by atoms with E-state index in [1.807, 2.05) is 0 Å². The van der Waals surface area contributed by atoms with Gasteiger partial charge in [-0.2, -0.15) is 0 Å². The van der Waals surface area contributed by atoms with Gasteiger partial charge in [-0.05, 0) is 13.3 Å². The average Bonchev–Trinajstić information content (AvgIpc) is 1.94. The Bertz CT molecular complexity index is 94.5. The first-order valence-corrected chi connectivity index (χ1v) is 4.94. The average molecular weight is 178 g/mol. The zero-order chi connectivity index (χ0) is 9.45. The third-order valence-electron chi connectivity index (χ3n) is 1.97. The highest BCUT2D eigenvalue weighted by molar-refractivity contribution is 4.57. The number of unbranched alkanes of at least 4 members (excludes halogenated alkanes) is 5. The first kappa shape index (κ1) is 11.9. The maximum atomic E-state index is 12.3. The first-order chi connectivity index (χ1) is 5.56. The summed E-state index contributed by atoms with van der Waals surface area (Å²) < 4.78 is 24.6. The Labute approximate surface area is 74.4 Å². The van der Waals surface area contributed by atoms with Crippen molar-refractivity contribution in [3.8, 4) is 0 Å². The molecule has 0 saturated heterocycles. The van der Waals surface area contributed by atoms with Gasteiger partial charge in [0, 0.05) is 6.42 Å². The van der Waals surface area contributed by atoms with Gasteiger partial charge in [0.25, 0.3) is 0 Å². The van der Waals surface area contributed by atoms with Gasteiger partial charge in [-0.15, -0.1) is 0 Å². The van der Waals surface area contributed by atoms with Crippen LogP contribution in [0.4, 0.5) is 8.78 Å². The molecule has 0 radical (unpaired) electrons. The Kier molecular flexibility index (Phi) is 6.31. The molecule has 0 aliphatic carbocycles. The molecule has 0 unspecified atom stereocenters. The van der Waals surface area contributed by atoms with Crippen molar-refractivity contribution in [1.29, 1.82) is 0 Å². The molecule has 12 heavy (non-hydrogen) atoms. The van der Waals surface area contributed by atoms with E-state index >= 15 is 0 Å². The molecule has 0 aromatic heterocycles. The molecule has 0 rings (SSSR count). The summed E-state index contributed by atoms with van der Waals surface area (Å²) in [7, 11) is 0. The molecule has 0 aromatic carbocycles. The molecule has 0 fully saturated rings. The van der Waals surface area contributed by atoms with Crippen molar-refractivity contribution in [1.82, 2.24) is 0 Å². The summed E-state index contributed by atoms with van der Waals surface area (Å²) in [6.45, 7) is 3.15. The second-order valence-corrected chi connectivity index (χ2v) is 3.59. The summed E-state index contributed by atoms with van der Waals surface area (Å²) in [6.07, 6.45) is 6.46. The molecular weight excluding hydrogens is 158 g/mol. The monoisotopic (exact) mass is 178 g/mol. The molecule has 0 atom stereocenters. The van der Waals surface area contributed by atoms with Crippen LogP contribution in [0.3, 0.4) is 0 Å². The minimum absolute atomic E-state index is 0.0547. The van der Waals surface area contributed by atoms with E-state index in [0.29, 0.717) is 6.42 Å². The van der Waals surface area contributed by atoms with Crippen LogP contribution in [0.1, 0.15) is 58.8 Å². The Morgan fingerprint density at radius 2 is 1.42 bits per heavy atom. The smallest absolute Gasteiger partial charge is 0.207 e. The Balaban J connectivity index is 3.01. The highest BCUT2D eigenvalue weighted by Gasteiger charge is 2.19. The second kappa shape index (κ2) is 6.38. The number of alkyl halides is 2. The summed E-state index contributed by atoms with van der Waals surface area (Å²) in [6, 6.07) is 0. The third kappa shape index (κ3) is 9.86. The van der Waals surface area contributed by atoms with Crippen molar-refractivity contribution >= 4 is 0 Å². The minimum atomic E-state index is -2.45. The highest BCUT2D eigenvalue weighted by atomic mass is 19.3. The van der Waals surface area contributed by atoms with E-state index in [4.69, 9.17) is 0 Å². The van der Waals surface area contributed by atoms with E-state index in [1.165, 1.54) is 19.3 Å². The van der Waals surface area contributed by atoms with E-state index in [2.05, 4.69) is 6.92 Å². The summed E-state index contributed by atoms with van der Waals surface area (Å²) in [5.74, 6) is -2.45. The van der Waals surface area contributed by atoms with Crippen LogP contribution in [-0.2, 0) is 0 Å². The quantitative estimate of drug-likeness (QED) is 0.507. The molecule has 0 aliphatic heterocycles. The lowest BCUT2D eigenvalue weighted by Gasteiger charge is -2.08. The SMILES string of the molecule is CCCCCCCCC(C)(F)F. The van der Waals surface area contributed by atoms with Crippen LogP contribution in [0.15, 0.2) is 0 Å². The fraction of sp³-hybridized carbons (Fsp3) is 1.00. The van der Waals surface area contributed by atoms with Gasteiger partial charge >= 0.3 is 0 Å². The van der Waals surface area contributed by atoms with Gasteiger partial charge < -0.3 is 0 Å². The molecular formula is C10H20F2. The van der Waals surface area contributed by atoms with Crippen molar-refractivity contribution < 1.29 is 8.78 Å². The zero-order valence-electron chi connectivity index (χ0n) is 8.21. The molecule has 2 heteroatoms. The first-order valence-electron chi connectivity index (χ1n) is 4.94. The molecule has 0 bridgehead atoms. The number of halogens is 2. The van der Waals surface area contributed by atoms with Gasteiger partial charge in [0.05, 0.1) is 0 Å². The molecule has 0 amide bonds. The van der Waals surface area contributed by atoms with Crippen molar-refractivity contribution in [2.45, 2.75) is 64.7 Å². The molecule has 0 heterocycles. The Morgan fingerprint density at radius 1 is 0.917 bits per heavy atom. The van der Waals surface area contributed by atoms with E-state index in [0.717, 1.165) is 19.8 Å². The maximum Gasteiger partial charge on any atom is 0.245 e. The third-order valence-corrected chi connectivity index (χ3v) is 1.97. The van der Waals surface area contributed by atoms with Gasteiger partial charge in [-0.25, -0.2) is 8.78 Å². The predicted molar refractivity (Wildman–Crippen MR) is 48.6 cm³/mol. The molecule has 74 valence electrons. The van der Waals surface area contributed by atoms with Crippen LogP contribution in [0.25, 0.3) is 0 Å². The van der Waals surface area contributed by atoms with Gasteiger partial charge in [0.1, 0.15) is 0 Å². The number of hydrogen-bond acceptors (Lipinski definition) is 0. The molecule has 0 nitrogen and oxygen atoms in total. The Morgan fingerprint density at radius 3 is 1.92 bits per heavy atom. The van der Waals surface area contributed by atoms with Crippen LogP contribution < -0.4 is 0 Å². The minimum Gasteiger partial charge on any atom is -0.207 e. The largest absolute Gasteiger partial charge is 0.245 e. The van der Waals surface area contributed by atoms with E-state index < -0.39 is 5.92 Å². The van der Waals surface area contributed by atoms with Gasteiger partial charge in [-0.1, -0.05) is 39.0 Å². The lowest BCUT2D eigenvalue weighted by atomic mass is 10.1. The fourth-order valence-corrected chi connectivity index (χ4v) is 1.22. The lowest BCUT2D eigenvalue weighted by molar-refractivity contribution is 0.0103. The fourth-order valence-electron chi connectivity index (χ4n) is 1.22. The van der Waals surface area contributed by atoms with E-state index in [1.54, 1.807) is 0 Å². The lowest BCUT2D eigenvalue weighted by Crippen LogP contribution is -2.08. The van der Waals surface area contributed by atoms with Crippen molar-refractivity contribution in [3.63, 3.8) is 0 Å². The molecule has 0 spiro atoms. The van der Waals surface area contributed by atoms with Crippen LogP contribution in [0.5, 0.6) is 0 Å². The summed E-state index contributed by atoms with van der Waals surface area (Å²) in [4.78, 5) is 0. The van der Waals surface area contributed by atoms with Crippen LogP contribution in [-0.4, -0.2) is 5.92 Å². The summed E-state index contributed by atoms with van der Waals surface area (Å²) in [5, 5.41) is 0. The Hall–Kier alpha value is -0.140. The molecule has 0 aliphatic rings. The van der Waals surface area contributed by atoms with Gasteiger partial charge in [0.2, 0.25) is 5.92 Å². The maximum absolute atomic E-state index is 12.3. The normalized spacial score (nSPS) is 12.0. The zero-order valence-corrected chi connectivity index (χ0v) is 8.21. The topological polar surface area (TPSA) is 0 Å². The van der Waals surface area contributed by atoms with Crippen molar-refractivity contribution in [2.75, 3.05) is 0 Å². The molecule has 0 N–H and O–H groups in total. The number of rotatable bonds is 7. The number of hydrogen-bond donors (Lipinski definition) is 0. The summed E-state index contributed by atoms with van der Waals surface area (Å²) >= 11 is 0. The molecule has 0 aromatic rings. The van der Waals surface area contributed by atoms with Gasteiger partial charge in [-0.3, -0.25) is 0 Å². The van der Waals surface area contributed by atoms with Crippen LogP contribution in [0.2, 0.25) is 0 Å². The summed E-state index contributed by atoms with van der Waals surface area (Å²) in [5.41, 5.74) is 0. The predicted octanol–water partition coefficient (Wildman–Crippen LogP) is 4.39. The highest BCUT2D eigenvalue weighted by Crippen LogP contribution is 2.20. The standard InChI is InChI=1S/C10H20F2/c1-3-4-5-6-7-8-9-10(2,11)12/h3-9H2,1-2H3. The molecule has 0 saturated carbocycles. The van der Waals surface area contributed by atoms with E-state index in [-0.39, 0.29) is 6.42 Å². The second-order valence-electron chi connectivity index (χ2n) is 3.59. The van der Waals surface area contributed by atoms with Crippen LogP contribution in [0, 0.1) is 0 Å².